The molecule has 1 fully saturated rings. The van der Waals surface area contributed by atoms with Crippen LogP contribution >= 0.6 is 11.8 Å². The van der Waals surface area contributed by atoms with Crippen molar-refractivity contribution in [1.29, 1.82) is 0 Å². The fraction of sp³-hybridized carbons (Fsp3) is 0.583. The van der Waals surface area contributed by atoms with Crippen LogP contribution in [0.2, 0.25) is 0 Å². The van der Waals surface area contributed by atoms with Crippen molar-refractivity contribution in [3.05, 3.63) is 5.69 Å². The van der Waals surface area contributed by atoms with Crippen LogP contribution in [0.1, 0.15) is 12.1 Å². The Kier molecular flexibility index (Phi) is 2.92. The third-order valence-corrected chi connectivity index (χ3v) is 4.75. The molecule has 8 heteroatoms. The van der Waals surface area contributed by atoms with Gasteiger partial charge in [-0.3, -0.25) is 0 Å². The minimum Gasteiger partial charge on any atom is -0.858 e. The van der Waals surface area contributed by atoms with Gasteiger partial charge in [-0.05, 0) is 18.6 Å². The van der Waals surface area contributed by atoms with Gasteiger partial charge in [0, 0.05) is 23.9 Å². The zero-order chi connectivity index (χ0) is 13.5. The van der Waals surface area contributed by atoms with Crippen LogP contribution in [-0.4, -0.2) is 51.6 Å². The summed E-state index contributed by atoms with van der Waals surface area (Å²) in [6.45, 7) is 2.83. The summed E-state index contributed by atoms with van der Waals surface area (Å²) in [4.78, 5) is 11.7. The summed E-state index contributed by atoms with van der Waals surface area (Å²) >= 11 is 1.58. The highest BCUT2D eigenvalue weighted by molar-refractivity contribution is 7.99. The molecule has 106 valence electrons. The molecule has 2 aliphatic heterocycles. The Labute approximate surface area is 120 Å². The van der Waals surface area contributed by atoms with E-state index in [1.54, 1.807) is 11.8 Å². The van der Waals surface area contributed by atoms with Gasteiger partial charge in [0.2, 0.25) is 5.95 Å². The lowest BCUT2D eigenvalue weighted by molar-refractivity contribution is -0.282. The summed E-state index contributed by atoms with van der Waals surface area (Å²) in [6, 6.07) is 0. The smallest absolute Gasteiger partial charge is 0.253 e. The first-order valence-corrected chi connectivity index (χ1v) is 7.73. The van der Waals surface area contributed by atoms with Crippen LogP contribution in [-0.2, 0) is 11.2 Å². The lowest BCUT2D eigenvalue weighted by Crippen LogP contribution is -2.36. The van der Waals surface area contributed by atoms with Gasteiger partial charge in [-0.2, -0.15) is 4.98 Å². The topological polar surface area (TPSA) is 78.6 Å². The van der Waals surface area contributed by atoms with Crippen molar-refractivity contribution in [2.75, 3.05) is 37.0 Å². The van der Waals surface area contributed by atoms with Gasteiger partial charge >= 0.3 is 0 Å². The van der Waals surface area contributed by atoms with Crippen molar-refractivity contribution in [3.63, 3.8) is 0 Å². The number of rotatable bonds is 1. The normalized spacial score (nSPS) is 19.3. The molecule has 2 aromatic rings. The standard InChI is InChI=1S/C12H15N5O2S/c18-10-9-8(2-1-7-20-9)13-11-14-12(15-17(10)11)16-3-5-19-6-4-16/h18H,1-7H2/p-1. The maximum Gasteiger partial charge on any atom is 0.253 e. The van der Waals surface area contributed by atoms with Gasteiger partial charge in [-0.1, -0.05) is 0 Å². The first-order valence-electron chi connectivity index (χ1n) is 6.75. The van der Waals surface area contributed by atoms with E-state index < -0.39 is 0 Å². The van der Waals surface area contributed by atoms with Gasteiger partial charge in [-0.15, -0.1) is 16.9 Å². The fourth-order valence-corrected chi connectivity index (χ4v) is 3.54. The molecule has 2 aromatic heterocycles. The Morgan fingerprint density at radius 1 is 1.20 bits per heavy atom. The lowest BCUT2D eigenvalue weighted by atomic mass is 10.2. The zero-order valence-electron chi connectivity index (χ0n) is 10.9. The molecule has 20 heavy (non-hydrogen) atoms. The Morgan fingerprint density at radius 2 is 2.05 bits per heavy atom. The number of thioether (sulfide) groups is 1. The van der Waals surface area contributed by atoms with Crippen LogP contribution in [0.5, 0.6) is 5.88 Å². The number of nitrogens with zero attached hydrogens (tertiary/aromatic N) is 5. The maximum absolute atomic E-state index is 12.4. The summed E-state index contributed by atoms with van der Waals surface area (Å²) in [5, 5.41) is 16.8. The summed E-state index contributed by atoms with van der Waals surface area (Å²) in [7, 11) is 0. The molecule has 4 heterocycles. The summed E-state index contributed by atoms with van der Waals surface area (Å²) < 4.78 is 6.65. The summed E-state index contributed by atoms with van der Waals surface area (Å²) in [5.41, 5.74) is 0.875. The molecule has 0 spiro atoms. The fourth-order valence-electron chi connectivity index (χ4n) is 2.52. The van der Waals surface area contributed by atoms with Crippen LogP contribution < -0.4 is 10.0 Å². The average Bonchev–Trinajstić information content (AvgIpc) is 2.93. The third-order valence-electron chi connectivity index (χ3n) is 3.56. The SMILES string of the molecule is [O-]c1c2c(nc3nc(N4CCOCC4)nn13)CCCS2. The molecule has 0 aromatic carbocycles. The molecule has 7 nitrogen and oxygen atoms in total. The van der Waals surface area contributed by atoms with E-state index in [-0.39, 0.29) is 5.88 Å². The molecule has 1 saturated heterocycles. The number of aromatic nitrogens is 4. The van der Waals surface area contributed by atoms with Crippen molar-refractivity contribution < 1.29 is 9.84 Å². The number of hydrogen-bond donors (Lipinski definition) is 0. The van der Waals surface area contributed by atoms with Gasteiger partial charge in [0.1, 0.15) is 0 Å². The van der Waals surface area contributed by atoms with Crippen LogP contribution in [0.4, 0.5) is 5.95 Å². The predicted molar refractivity (Wildman–Crippen MR) is 72.3 cm³/mol. The van der Waals surface area contributed by atoms with Gasteiger partial charge in [0.25, 0.3) is 5.78 Å². The second kappa shape index (κ2) is 4.78. The third kappa shape index (κ3) is 1.90. The molecule has 0 aliphatic carbocycles. The summed E-state index contributed by atoms with van der Waals surface area (Å²) in [6.07, 6.45) is 1.92. The highest BCUT2D eigenvalue weighted by Gasteiger charge is 2.20. The van der Waals surface area contributed by atoms with Crippen molar-refractivity contribution in [1.82, 2.24) is 19.6 Å². The first kappa shape index (κ1) is 12.2. The van der Waals surface area contributed by atoms with Gasteiger partial charge < -0.3 is 14.7 Å². The molecule has 0 radical (unpaired) electrons. The predicted octanol–water partition coefficient (Wildman–Crippen LogP) is 0.0728. The number of anilines is 1. The van der Waals surface area contributed by atoms with Crippen molar-refractivity contribution in [2.45, 2.75) is 17.7 Å². The molecule has 2 aliphatic rings. The Hall–Kier alpha value is -1.54. The molecule has 0 N–H and O–H groups in total. The van der Waals surface area contributed by atoms with E-state index >= 15 is 0 Å². The van der Waals surface area contributed by atoms with E-state index in [1.165, 1.54) is 4.52 Å². The quantitative estimate of drug-likeness (QED) is 0.736. The van der Waals surface area contributed by atoms with Gasteiger partial charge in [0.15, 0.2) is 0 Å². The van der Waals surface area contributed by atoms with Crippen molar-refractivity contribution in [3.8, 4) is 5.88 Å². The Balaban J connectivity index is 1.80. The molecule has 4 rings (SSSR count). The molecule has 0 bridgehead atoms. The van der Waals surface area contributed by atoms with Crippen LogP contribution in [0.15, 0.2) is 4.90 Å². The monoisotopic (exact) mass is 292 g/mol. The van der Waals surface area contributed by atoms with E-state index in [0.717, 1.165) is 42.3 Å². The average molecular weight is 292 g/mol. The van der Waals surface area contributed by atoms with E-state index in [1.807, 2.05) is 4.90 Å². The number of fused-ring (bicyclic) bond motifs is 2. The van der Waals surface area contributed by atoms with Gasteiger partial charge in [0.05, 0.1) is 18.9 Å². The van der Waals surface area contributed by atoms with Crippen molar-refractivity contribution in [2.24, 2.45) is 0 Å². The second-order valence-corrected chi connectivity index (χ2v) is 5.97. The zero-order valence-corrected chi connectivity index (χ0v) is 11.7. The Bertz CT molecular complexity index is 653. The molecule has 0 amide bonds. The summed E-state index contributed by atoms with van der Waals surface area (Å²) in [5.74, 6) is 1.88. The molecular weight excluding hydrogens is 278 g/mol. The van der Waals surface area contributed by atoms with Crippen LogP contribution in [0.25, 0.3) is 5.78 Å². The number of hydrogen-bond acceptors (Lipinski definition) is 7. The van der Waals surface area contributed by atoms with Crippen LogP contribution in [0.3, 0.4) is 0 Å². The maximum atomic E-state index is 12.4. The molecular formula is C12H14N5O2S-. The van der Waals surface area contributed by atoms with Crippen LogP contribution in [0, 0.1) is 0 Å². The molecule has 0 saturated carbocycles. The molecule has 0 unspecified atom stereocenters. The van der Waals surface area contributed by atoms with E-state index in [2.05, 4.69) is 15.1 Å². The van der Waals surface area contributed by atoms with Crippen molar-refractivity contribution >= 4 is 23.5 Å². The minimum absolute atomic E-state index is 0.0818. The second-order valence-electron chi connectivity index (χ2n) is 4.87. The number of ether oxygens (including phenoxy) is 1. The minimum atomic E-state index is -0.0818. The largest absolute Gasteiger partial charge is 0.858 e. The van der Waals surface area contributed by atoms with E-state index in [4.69, 9.17) is 4.74 Å². The highest BCUT2D eigenvalue weighted by atomic mass is 32.2. The highest BCUT2D eigenvalue weighted by Crippen LogP contribution is 2.34. The van der Waals surface area contributed by atoms with E-state index in [0.29, 0.717) is 24.9 Å². The molecule has 0 atom stereocenters. The Morgan fingerprint density at radius 3 is 2.90 bits per heavy atom. The number of morpholine rings is 1. The van der Waals surface area contributed by atoms with Gasteiger partial charge in [-0.25, -0.2) is 9.50 Å². The first-order chi connectivity index (χ1) is 9.83. The lowest BCUT2D eigenvalue weighted by Gasteiger charge is -2.25. The number of aryl methyl sites for hydroxylation is 1. The van der Waals surface area contributed by atoms with E-state index in [9.17, 15) is 5.11 Å².